The highest BCUT2D eigenvalue weighted by molar-refractivity contribution is 7.73. The Kier molecular flexibility index (Phi) is 8.92. The Morgan fingerprint density at radius 3 is 2.19 bits per heavy atom. The minimum atomic E-state index is -4.74. The topological polar surface area (TPSA) is 141 Å². The lowest BCUT2D eigenvalue weighted by atomic mass is 10.1. The maximum atomic E-state index is 11.6. The molecule has 1 saturated heterocycles. The van der Waals surface area contributed by atoms with Crippen LogP contribution in [0.15, 0.2) is 0 Å². The molecule has 1 rings (SSSR count). The van der Waals surface area contributed by atoms with Crippen LogP contribution in [-0.4, -0.2) is 55.5 Å². The van der Waals surface area contributed by atoms with Crippen molar-refractivity contribution in [1.82, 2.24) is 4.90 Å². The van der Waals surface area contributed by atoms with Crippen LogP contribution in [0, 0.1) is 24.2 Å². The Labute approximate surface area is 153 Å². The average molecular weight is 387 g/mol. The van der Waals surface area contributed by atoms with Crippen molar-refractivity contribution in [3.8, 4) is 12.3 Å². The van der Waals surface area contributed by atoms with E-state index in [1.165, 1.54) is 13.8 Å². The van der Waals surface area contributed by atoms with Crippen LogP contribution in [-0.2, 0) is 14.1 Å². The number of hydrogen-bond acceptors (Lipinski definition) is 4. The fourth-order valence-corrected chi connectivity index (χ4v) is 2.56. The third kappa shape index (κ3) is 8.41. The summed E-state index contributed by atoms with van der Waals surface area (Å²) in [6.07, 6.45) is 5.92. The van der Waals surface area contributed by atoms with Crippen LogP contribution in [0.3, 0.4) is 0 Å². The van der Waals surface area contributed by atoms with Gasteiger partial charge in [0.1, 0.15) is 5.60 Å². The highest BCUT2D eigenvalue weighted by Crippen LogP contribution is 2.36. The Morgan fingerprint density at radius 2 is 1.92 bits per heavy atom. The van der Waals surface area contributed by atoms with E-state index in [0.29, 0.717) is 13.1 Å². The fourth-order valence-electron chi connectivity index (χ4n) is 1.90. The van der Waals surface area contributed by atoms with E-state index in [9.17, 15) is 14.2 Å². The van der Waals surface area contributed by atoms with Gasteiger partial charge in [0, 0.05) is 24.9 Å². The van der Waals surface area contributed by atoms with Crippen molar-refractivity contribution in [2.75, 3.05) is 13.1 Å². The van der Waals surface area contributed by atoms with Gasteiger partial charge >= 0.3 is 19.1 Å². The number of Topliss-reactive ketones (excluding diaryl/α,β-unsaturated/α-hetero) is 1. The third-order valence-electron chi connectivity index (χ3n) is 3.19. The largest absolute Gasteiger partial charge is 0.444 e. The van der Waals surface area contributed by atoms with Crippen LogP contribution in [0.25, 0.3) is 5.53 Å². The maximum Gasteiger partial charge on any atom is 0.443 e. The summed E-state index contributed by atoms with van der Waals surface area (Å²) in [5.41, 5.74) is 6.64. The Hall–Kier alpha value is -1.97. The number of hydrogen-bond donors (Lipinski definition) is 2. The molecule has 1 aliphatic rings. The first-order valence-corrected chi connectivity index (χ1v) is 9.60. The number of carbonyl (C=O) groups excluding carboxylic acids is 2. The number of nitrogens with zero attached hydrogens (tertiary/aromatic N) is 3. The quantitative estimate of drug-likeness (QED) is 0.249. The van der Waals surface area contributed by atoms with Crippen LogP contribution in [0.1, 0.15) is 41.0 Å². The predicted octanol–water partition coefficient (Wildman–Crippen LogP) is 1.89. The zero-order valence-corrected chi connectivity index (χ0v) is 16.6. The van der Waals surface area contributed by atoms with Crippen LogP contribution >= 0.6 is 7.60 Å². The van der Waals surface area contributed by atoms with Gasteiger partial charge < -0.3 is 25.0 Å². The maximum absolute atomic E-state index is 11.6. The number of amides is 1. The molecule has 146 valence electrons. The van der Waals surface area contributed by atoms with E-state index in [0.717, 1.165) is 6.42 Å². The Balaban J connectivity index is 0.000000488. The third-order valence-corrected chi connectivity index (χ3v) is 4.05. The van der Waals surface area contributed by atoms with E-state index in [-0.39, 0.29) is 12.0 Å². The lowest BCUT2D eigenvalue weighted by molar-refractivity contribution is -0.119. The second-order valence-corrected chi connectivity index (χ2v) is 8.58. The van der Waals surface area contributed by atoms with E-state index in [4.69, 9.17) is 26.5 Å². The van der Waals surface area contributed by atoms with Crippen molar-refractivity contribution < 1.29 is 33.5 Å². The number of carbonyl (C=O) groups is 2. The summed E-state index contributed by atoms with van der Waals surface area (Å²) in [7, 11) is -4.74. The van der Waals surface area contributed by atoms with Crippen molar-refractivity contribution in [2.45, 2.75) is 46.6 Å². The molecule has 1 fully saturated rings. The van der Waals surface area contributed by atoms with E-state index < -0.39 is 30.4 Å². The van der Waals surface area contributed by atoms with E-state index in [1.54, 1.807) is 4.90 Å². The van der Waals surface area contributed by atoms with Gasteiger partial charge in [0.05, 0.1) is 0 Å². The molecule has 0 aromatic carbocycles. The molecule has 0 spiro atoms. The van der Waals surface area contributed by atoms with Crippen molar-refractivity contribution in [2.24, 2.45) is 11.8 Å². The molecule has 26 heavy (non-hydrogen) atoms. The van der Waals surface area contributed by atoms with Crippen LogP contribution in [0.5, 0.6) is 0 Å². The summed E-state index contributed by atoms with van der Waals surface area (Å²) in [4.78, 5) is 43.4. The first-order chi connectivity index (χ1) is 11.7. The smallest absolute Gasteiger partial charge is 0.443 e. The molecule has 0 bridgehead atoms. The van der Waals surface area contributed by atoms with Gasteiger partial charge in [-0.05, 0) is 27.2 Å². The van der Waals surface area contributed by atoms with Gasteiger partial charge in [0.2, 0.25) is 0 Å². The number of likely N-dealkylation sites (tertiary alicyclic amines) is 1. The molecule has 1 heterocycles. The zero-order valence-electron chi connectivity index (χ0n) is 15.7. The van der Waals surface area contributed by atoms with Gasteiger partial charge in [-0.3, -0.25) is 4.79 Å². The molecule has 1 atom stereocenters. The molecular formula is C16H26N3O6P. The van der Waals surface area contributed by atoms with Crippen LogP contribution < -0.4 is 0 Å². The zero-order chi connectivity index (χ0) is 20.7. The first-order valence-electron chi connectivity index (χ1n) is 7.99. The highest BCUT2D eigenvalue weighted by Gasteiger charge is 2.40. The standard InChI is InChI=1S/C11H17NO2.C5H9N2O4P/c1-5-9-6-7-12(8-9)10(13)14-11(2,3)4;1-3(2)4(8)5(7-6)12(9,10)11/h1,9H,6-8H2,2-4H3;3H,1-2H3,(H2,9,10,11). The molecule has 0 saturated carbocycles. The molecule has 1 amide bonds. The van der Waals surface area contributed by atoms with Crippen molar-refractivity contribution in [1.29, 1.82) is 0 Å². The summed E-state index contributed by atoms with van der Waals surface area (Å²) in [6, 6.07) is 0. The average Bonchev–Trinajstić information content (AvgIpc) is 2.94. The number of terminal acetylenes is 1. The van der Waals surface area contributed by atoms with Gasteiger partial charge in [0.25, 0.3) is 5.78 Å². The minimum Gasteiger partial charge on any atom is -0.444 e. The number of rotatable bonds is 3. The normalized spacial score (nSPS) is 16.9. The van der Waals surface area contributed by atoms with E-state index in [2.05, 4.69) is 10.7 Å². The fraction of sp³-hybridized carbons (Fsp3) is 0.688. The van der Waals surface area contributed by atoms with Gasteiger partial charge in [-0.15, -0.1) is 12.3 Å². The molecule has 1 unspecified atom stereocenters. The summed E-state index contributed by atoms with van der Waals surface area (Å²) in [6.45, 7) is 9.82. The minimum absolute atomic E-state index is 0.197. The second-order valence-electron chi connectivity index (χ2n) is 7.07. The lowest BCUT2D eigenvalue weighted by Crippen LogP contribution is -2.35. The molecular weight excluding hydrogens is 361 g/mol. The molecule has 1 aliphatic heterocycles. The number of ether oxygens (including phenoxy) is 1. The first kappa shape index (κ1) is 24.0. The van der Waals surface area contributed by atoms with Gasteiger partial charge in [-0.1, -0.05) is 13.8 Å². The van der Waals surface area contributed by atoms with Gasteiger partial charge in [-0.2, -0.15) is 4.79 Å². The molecule has 0 aliphatic carbocycles. The van der Waals surface area contributed by atoms with Crippen LogP contribution in [0.4, 0.5) is 4.79 Å². The van der Waals surface area contributed by atoms with Crippen molar-refractivity contribution in [3.63, 3.8) is 0 Å². The predicted molar refractivity (Wildman–Crippen MR) is 95.3 cm³/mol. The molecule has 0 aromatic rings. The summed E-state index contributed by atoms with van der Waals surface area (Å²) >= 11 is 0. The summed E-state index contributed by atoms with van der Waals surface area (Å²) in [5, 5.41) is 0. The van der Waals surface area contributed by atoms with Crippen molar-refractivity contribution in [3.05, 3.63) is 5.53 Å². The summed E-state index contributed by atoms with van der Waals surface area (Å²) in [5.74, 6) is 1.40. The molecule has 0 radical (unpaired) electrons. The van der Waals surface area contributed by atoms with Crippen molar-refractivity contribution >= 4 is 24.9 Å². The van der Waals surface area contributed by atoms with Gasteiger partial charge in [0.15, 0.2) is 0 Å². The Morgan fingerprint density at radius 1 is 1.38 bits per heavy atom. The highest BCUT2D eigenvalue weighted by atomic mass is 31.2. The lowest BCUT2D eigenvalue weighted by Gasteiger charge is -2.24. The Bertz CT molecular complexity index is 664. The van der Waals surface area contributed by atoms with E-state index >= 15 is 0 Å². The molecule has 10 heteroatoms. The van der Waals surface area contributed by atoms with E-state index in [1.807, 2.05) is 20.8 Å². The monoisotopic (exact) mass is 387 g/mol. The second kappa shape index (κ2) is 9.65. The van der Waals surface area contributed by atoms with Gasteiger partial charge in [-0.25, -0.2) is 9.36 Å². The molecule has 2 N–H and O–H groups in total. The molecule has 9 nitrogen and oxygen atoms in total. The SMILES string of the molecule is C#CC1CCN(C(=O)OC(C)(C)C)C1.CC(C)C(=O)C(=[N+]=[N-])P(=O)(O)O. The summed E-state index contributed by atoms with van der Waals surface area (Å²) < 4.78 is 15.7. The van der Waals surface area contributed by atoms with Crippen LogP contribution in [0.2, 0.25) is 0 Å². The number of ketones is 1. The molecule has 0 aromatic heterocycles.